The van der Waals surface area contributed by atoms with E-state index < -0.39 is 0 Å². The molecule has 0 heterocycles. The first-order chi connectivity index (χ1) is 6.07. The fourth-order valence-electron chi connectivity index (χ4n) is 1.27. The maximum atomic E-state index is 11.2. The molecule has 0 atom stereocenters. The van der Waals surface area contributed by atoms with E-state index in [1.54, 1.807) is 19.1 Å². The second-order valence-electron chi connectivity index (χ2n) is 2.87. The van der Waals surface area contributed by atoms with Crippen LogP contribution in [0.5, 0.6) is 0 Å². The van der Waals surface area contributed by atoms with Crippen LogP contribution in [0.15, 0.2) is 12.1 Å². The lowest BCUT2D eigenvalue weighted by Gasteiger charge is -2.06. The summed E-state index contributed by atoms with van der Waals surface area (Å²) in [6.45, 7) is 3.18. The van der Waals surface area contributed by atoms with Crippen molar-refractivity contribution in [2.45, 2.75) is 13.8 Å². The Morgan fingerprint density at radius 3 is 2.62 bits per heavy atom. The third-order valence-electron chi connectivity index (χ3n) is 1.98. The van der Waals surface area contributed by atoms with Gasteiger partial charge in [0.2, 0.25) is 0 Å². The van der Waals surface area contributed by atoms with Gasteiger partial charge in [0.1, 0.15) is 0 Å². The highest BCUT2D eigenvalue weighted by Gasteiger charge is 2.11. The van der Waals surface area contributed by atoms with Crippen LogP contribution in [0.4, 0.5) is 5.69 Å². The van der Waals surface area contributed by atoms with Crippen LogP contribution in [0, 0.1) is 18.3 Å². The van der Waals surface area contributed by atoms with Gasteiger partial charge in [0.15, 0.2) is 5.78 Å². The Labute approximate surface area is 76.8 Å². The van der Waals surface area contributed by atoms with Gasteiger partial charge in [-0.2, -0.15) is 5.26 Å². The molecule has 0 spiro atoms. The summed E-state index contributed by atoms with van der Waals surface area (Å²) in [4.78, 5) is 11.2. The molecule has 3 nitrogen and oxygen atoms in total. The molecule has 0 bridgehead atoms. The lowest BCUT2D eigenvalue weighted by atomic mass is 9.98. The van der Waals surface area contributed by atoms with Gasteiger partial charge >= 0.3 is 0 Å². The van der Waals surface area contributed by atoms with Crippen LogP contribution in [0.1, 0.15) is 28.4 Å². The van der Waals surface area contributed by atoms with Crippen LogP contribution >= 0.6 is 0 Å². The Morgan fingerprint density at radius 2 is 2.15 bits per heavy atom. The predicted molar refractivity (Wildman–Crippen MR) is 50.3 cm³/mol. The van der Waals surface area contributed by atoms with Crippen LogP contribution in [0.2, 0.25) is 0 Å². The van der Waals surface area contributed by atoms with Crippen molar-refractivity contribution in [1.82, 2.24) is 0 Å². The van der Waals surface area contributed by atoms with Crippen LogP contribution in [-0.2, 0) is 0 Å². The molecule has 0 radical (unpaired) electrons. The zero-order valence-corrected chi connectivity index (χ0v) is 7.59. The number of carbonyl (C=O) groups is 1. The molecule has 0 aliphatic heterocycles. The average molecular weight is 174 g/mol. The Kier molecular flexibility index (Phi) is 2.34. The molecule has 0 fully saturated rings. The van der Waals surface area contributed by atoms with Crippen LogP contribution in [0.3, 0.4) is 0 Å². The third-order valence-corrected chi connectivity index (χ3v) is 1.98. The molecule has 0 unspecified atom stereocenters. The quantitative estimate of drug-likeness (QED) is 0.520. The third kappa shape index (κ3) is 1.52. The standard InChI is InChI=1S/C10H10N2O/c1-6-9(12)4-3-8(5-11)10(6)7(2)13/h3-4H,12H2,1-2H3. The molecular formula is C10H10N2O. The fourth-order valence-corrected chi connectivity index (χ4v) is 1.27. The van der Waals surface area contributed by atoms with E-state index in [0.29, 0.717) is 22.4 Å². The van der Waals surface area contributed by atoms with E-state index in [4.69, 9.17) is 11.0 Å². The predicted octanol–water partition coefficient (Wildman–Crippen LogP) is 1.65. The number of rotatable bonds is 1. The number of hydrogen-bond donors (Lipinski definition) is 1. The highest BCUT2D eigenvalue weighted by atomic mass is 16.1. The number of nitrogen functional groups attached to an aromatic ring is 1. The molecule has 0 aromatic heterocycles. The number of nitrogens with two attached hydrogens (primary N) is 1. The maximum absolute atomic E-state index is 11.2. The number of ketones is 1. The molecule has 1 aromatic carbocycles. The number of hydrogen-bond acceptors (Lipinski definition) is 3. The monoisotopic (exact) mass is 174 g/mol. The zero-order chi connectivity index (χ0) is 10.0. The topological polar surface area (TPSA) is 66.9 Å². The van der Waals surface area contributed by atoms with Crippen molar-refractivity contribution in [3.05, 3.63) is 28.8 Å². The number of nitrogens with zero attached hydrogens (tertiary/aromatic N) is 1. The fraction of sp³-hybridized carbons (Fsp3) is 0.200. The summed E-state index contributed by atoms with van der Waals surface area (Å²) >= 11 is 0. The first-order valence-electron chi connectivity index (χ1n) is 3.88. The van der Waals surface area contributed by atoms with E-state index in [9.17, 15) is 4.79 Å². The van der Waals surface area contributed by atoms with E-state index in [-0.39, 0.29) is 5.78 Å². The van der Waals surface area contributed by atoms with Crippen LogP contribution < -0.4 is 5.73 Å². The average Bonchev–Trinajstić information content (AvgIpc) is 2.08. The first kappa shape index (κ1) is 9.27. The van der Waals surface area contributed by atoms with E-state index in [1.165, 1.54) is 6.92 Å². The second-order valence-corrected chi connectivity index (χ2v) is 2.87. The van der Waals surface area contributed by atoms with Crippen LogP contribution in [0.25, 0.3) is 0 Å². The van der Waals surface area contributed by atoms with Gasteiger partial charge in [0, 0.05) is 11.3 Å². The number of anilines is 1. The smallest absolute Gasteiger partial charge is 0.161 e. The molecule has 0 saturated carbocycles. The van der Waals surface area contributed by atoms with E-state index in [0.717, 1.165) is 0 Å². The largest absolute Gasteiger partial charge is 0.398 e. The molecule has 2 N–H and O–H groups in total. The molecule has 3 heteroatoms. The molecule has 0 amide bonds. The summed E-state index contributed by atoms with van der Waals surface area (Å²) < 4.78 is 0. The minimum atomic E-state index is -0.124. The van der Waals surface area contributed by atoms with E-state index >= 15 is 0 Å². The van der Waals surface area contributed by atoms with Gasteiger partial charge in [-0.1, -0.05) is 0 Å². The SMILES string of the molecule is CC(=O)c1c(C#N)ccc(N)c1C. The van der Waals surface area contributed by atoms with Gasteiger partial charge in [-0.15, -0.1) is 0 Å². The molecule has 0 saturated heterocycles. The van der Waals surface area contributed by atoms with Crippen molar-refractivity contribution < 1.29 is 4.79 Å². The second kappa shape index (κ2) is 3.28. The maximum Gasteiger partial charge on any atom is 0.161 e. The molecule has 0 aliphatic carbocycles. The van der Waals surface area contributed by atoms with Gasteiger partial charge in [-0.3, -0.25) is 4.79 Å². The number of Topliss-reactive ketones (excluding diaryl/α,β-unsaturated/α-hetero) is 1. The van der Waals surface area contributed by atoms with Crippen molar-refractivity contribution in [3.63, 3.8) is 0 Å². The van der Waals surface area contributed by atoms with E-state index in [1.807, 2.05) is 6.07 Å². The lowest BCUT2D eigenvalue weighted by Crippen LogP contribution is -2.03. The number of nitriles is 1. The van der Waals surface area contributed by atoms with Gasteiger partial charge in [0.05, 0.1) is 11.6 Å². The van der Waals surface area contributed by atoms with Gasteiger partial charge in [-0.25, -0.2) is 0 Å². The van der Waals surface area contributed by atoms with Gasteiger partial charge < -0.3 is 5.73 Å². The number of carbonyl (C=O) groups excluding carboxylic acids is 1. The Bertz CT molecular complexity index is 402. The summed E-state index contributed by atoms with van der Waals surface area (Å²) in [5.74, 6) is -0.124. The molecule has 13 heavy (non-hydrogen) atoms. The highest BCUT2D eigenvalue weighted by molar-refractivity contribution is 5.99. The van der Waals surface area contributed by atoms with Crippen molar-refractivity contribution >= 4 is 11.5 Å². The van der Waals surface area contributed by atoms with Crippen molar-refractivity contribution in [2.24, 2.45) is 0 Å². The van der Waals surface area contributed by atoms with Gasteiger partial charge in [-0.05, 0) is 31.5 Å². The highest BCUT2D eigenvalue weighted by Crippen LogP contribution is 2.20. The summed E-state index contributed by atoms with van der Waals surface area (Å²) in [5, 5.41) is 8.74. The normalized spacial score (nSPS) is 9.31. The Morgan fingerprint density at radius 1 is 1.54 bits per heavy atom. The summed E-state index contributed by atoms with van der Waals surface area (Å²) in [6, 6.07) is 5.18. The minimum Gasteiger partial charge on any atom is -0.398 e. The van der Waals surface area contributed by atoms with Crippen molar-refractivity contribution in [2.75, 3.05) is 5.73 Å². The minimum absolute atomic E-state index is 0.124. The molecule has 0 aliphatic rings. The molecule has 1 rings (SSSR count). The van der Waals surface area contributed by atoms with Crippen LogP contribution in [-0.4, -0.2) is 5.78 Å². The summed E-state index contributed by atoms with van der Waals surface area (Å²) in [5.41, 5.74) is 7.67. The van der Waals surface area contributed by atoms with Crippen molar-refractivity contribution in [3.8, 4) is 6.07 Å². The Balaban J connectivity index is 3.53. The first-order valence-corrected chi connectivity index (χ1v) is 3.88. The zero-order valence-electron chi connectivity index (χ0n) is 7.59. The molecular weight excluding hydrogens is 164 g/mol. The number of benzene rings is 1. The molecule has 66 valence electrons. The van der Waals surface area contributed by atoms with Crippen molar-refractivity contribution in [1.29, 1.82) is 5.26 Å². The van der Waals surface area contributed by atoms with E-state index in [2.05, 4.69) is 0 Å². The molecule has 1 aromatic rings. The summed E-state index contributed by atoms with van der Waals surface area (Å²) in [7, 11) is 0. The van der Waals surface area contributed by atoms with Gasteiger partial charge in [0.25, 0.3) is 0 Å². The Hall–Kier alpha value is -1.82. The summed E-state index contributed by atoms with van der Waals surface area (Å²) in [6.07, 6.45) is 0. The lowest BCUT2D eigenvalue weighted by molar-refractivity contribution is 0.101.